The number of nitrogens with one attached hydrogen (secondary N) is 2. The average Bonchev–Trinajstić information content (AvgIpc) is 3.13. The van der Waals surface area contributed by atoms with Crippen LogP contribution in [0.25, 0.3) is 11.0 Å². The van der Waals surface area contributed by atoms with E-state index in [-0.39, 0.29) is 11.7 Å². The molecule has 0 aliphatic carbocycles. The summed E-state index contributed by atoms with van der Waals surface area (Å²) >= 11 is 1.38. The zero-order valence-electron chi connectivity index (χ0n) is 12.6. The normalized spacial score (nSPS) is 12.1. The SMILES string of the molecule is Cc1cnc(NC(=O)[C@@H](C)NC(=O)c2cc3ccccc3o2)s1. The number of carbonyl (C=O) groups excluding carboxylic acids is 2. The summed E-state index contributed by atoms with van der Waals surface area (Å²) in [6.07, 6.45) is 1.68. The van der Waals surface area contributed by atoms with Crippen LogP contribution >= 0.6 is 11.3 Å². The number of fused-ring (bicyclic) bond motifs is 1. The molecule has 0 radical (unpaired) electrons. The van der Waals surface area contributed by atoms with Crippen LogP contribution in [-0.4, -0.2) is 22.8 Å². The Morgan fingerprint density at radius 2 is 2.09 bits per heavy atom. The van der Waals surface area contributed by atoms with Crippen molar-refractivity contribution in [1.29, 1.82) is 0 Å². The molecule has 2 amide bonds. The van der Waals surface area contributed by atoms with Crippen LogP contribution in [-0.2, 0) is 4.79 Å². The van der Waals surface area contributed by atoms with E-state index in [2.05, 4.69) is 15.6 Å². The fourth-order valence-electron chi connectivity index (χ4n) is 2.05. The van der Waals surface area contributed by atoms with Gasteiger partial charge in [0.2, 0.25) is 5.91 Å². The molecular weight excluding hydrogens is 314 g/mol. The molecule has 3 aromatic rings. The fraction of sp³-hybridized carbons (Fsp3) is 0.188. The Kier molecular flexibility index (Phi) is 4.12. The summed E-state index contributed by atoms with van der Waals surface area (Å²) in [7, 11) is 0. The molecule has 0 spiro atoms. The van der Waals surface area contributed by atoms with E-state index in [1.165, 1.54) is 11.3 Å². The van der Waals surface area contributed by atoms with E-state index in [1.807, 2.05) is 25.1 Å². The molecule has 2 N–H and O–H groups in total. The fourth-order valence-corrected chi connectivity index (χ4v) is 2.72. The Morgan fingerprint density at radius 3 is 2.78 bits per heavy atom. The Bertz CT molecular complexity index is 835. The van der Waals surface area contributed by atoms with Gasteiger partial charge in [0.1, 0.15) is 11.6 Å². The van der Waals surface area contributed by atoms with Gasteiger partial charge in [-0.2, -0.15) is 0 Å². The number of anilines is 1. The predicted molar refractivity (Wildman–Crippen MR) is 88.6 cm³/mol. The number of amides is 2. The number of hydrogen-bond acceptors (Lipinski definition) is 5. The first-order chi connectivity index (χ1) is 11.0. The number of para-hydroxylation sites is 1. The summed E-state index contributed by atoms with van der Waals surface area (Å²) < 4.78 is 5.48. The van der Waals surface area contributed by atoms with Crippen LogP contribution in [0.1, 0.15) is 22.4 Å². The lowest BCUT2D eigenvalue weighted by Gasteiger charge is -2.11. The number of hydrogen-bond donors (Lipinski definition) is 2. The summed E-state index contributed by atoms with van der Waals surface area (Å²) in [5.41, 5.74) is 0.632. The Morgan fingerprint density at radius 1 is 1.30 bits per heavy atom. The monoisotopic (exact) mass is 329 g/mol. The quantitative estimate of drug-likeness (QED) is 0.771. The van der Waals surface area contributed by atoms with Crippen molar-refractivity contribution in [2.75, 3.05) is 5.32 Å². The molecule has 1 atom stereocenters. The first-order valence-electron chi connectivity index (χ1n) is 7.05. The van der Waals surface area contributed by atoms with Crippen LogP contribution in [0.3, 0.4) is 0 Å². The molecule has 6 nitrogen and oxygen atoms in total. The molecule has 23 heavy (non-hydrogen) atoms. The molecule has 0 fully saturated rings. The van der Waals surface area contributed by atoms with E-state index in [0.717, 1.165) is 10.3 Å². The summed E-state index contributed by atoms with van der Waals surface area (Å²) in [6.45, 7) is 3.51. The smallest absolute Gasteiger partial charge is 0.287 e. The van der Waals surface area contributed by atoms with Crippen molar-refractivity contribution in [3.63, 3.8) is 0 Å². The number of nitrogens with zero attached hydrogens (tertiary/aromatic N) is 1. The minimum Gasteiger partial charge on any atom is -0.451 e. The molecule has 118 valence electrons. The number of rotatable bonds is 4. The van der Waals surface area contributed by atoms with E-state index >= 15 is 0 Å². The van der Waals surface area contributed by atoms with Crippen molar-refractivity contribution in [2.24, 2.45) is 0 Å². The summed E-state index contributed by atoms with van der Waals surface area (Å²) in [4.78, 5) is 29.3. The summed E-state index contributed by atoms with van der Waals surface area (Å²) in [5.74, 6) is -0.584. The maximum absolute atomic E-state index is 12.2. The second-order valence-electron chi connectivity index (χ2n) is 5.11. The molecule has 0 aliphatic rings. The zero-order chi connectivity index (χ0) is 16.4. The molecule has 1 aromatic carbocycles. The largest absolute Gasteiger partial charge is 0.451 e. The molecule has 0 bridgehead atoms. The van der Waals surface area contributed by atoms with E-state index < -0.39 is 11.9 Å². The highest BCUT2D eigenvalue weighted by Gasteiger charge is 2.20. The molecule has 7 heteroatoms. The second-order valence-corrected chi connectivity index (χ2v) is 6.34. The van der Waals surface area contributed by atoms with Gasteiger partial charge in [0.05, 0.1) is 0 Å². The Balaban J connectivity index is 1.65. The van der Waals surface area contributed by atoms with Gasteiger partial charge in [0, 0.05) is 16.5 Å². The third kappa shape index (κ3) is 3.40. The van der Waals surface area contributed by atoms with Crippen LogP contribution in [0.5, 0.6) is 0 Å². The average molecular weight is 329 g/mol. The van der Waals surface area contributed by atoms with Crippen LogP contribution < -0.4 is 10.6 Å². The second kappa shape index (κ2) is 6.21. The van der Waals surface area contributed by atoms with Crippen LogP contribution in [0, 0.1) is 6.92 Å². The van der Waals surface area contributed by atoms with Gasteiger partial charge in [-0.1, -0.05) is 18.2 Å². The third-order valence-electron chi connectivity index (χ3n) is 3.24. The number of carbonyl (C=O) groups is 2. The van der Waals surface area contributed by atoms with Crippen molar-refractivity contribution in [2.45, 2.75) is 19.9 Å². The Labute approximate surface area is 136 Å². The number of aryl methyl sites for hydroxylation is 1. The van der Waals surface area contributed by atoms with E-state index in [4.69, 9.17) is 4.42 Å². The molecule has 0 saturated carbocycles. The van der Waals surface area contributed by atoms with Crippen molar-refractivity contribution in [3.05, 3.63) is 47.2 Å². The van der Waals surface area contributed by atoms with Gasteiger partial charge in [0.25, 0.3) is 5.91 Å². The summed E-state index contributed by atoms with van der Waals surface area (Å²) in [5, 5.41) is 6.64. The van der Waals surface area contributed by atoms with Gasteiger partial charge in [0.15, 0.2) is 10.9 Å². The van der Waals surface area contributed by atoms with Crippen molar-refractivity contribution in [1.82, 2.24) is 10.3 Å². The van der Waals surface area contributed by atoms with Gasteiger partial charge in [-0.25, -0.2) is 4.98 Å². The third-order valence-corrected chi connectivity index (χ3v) is 4.07. The van der Waals surface area contributed by atoms with Gasteiger partial charge in [-0.05, 0) is 26.0 Å². The lowest BCUT2D eigenvalue weighted by Crippen LogP contribution is -2.41. The van der Waals surface area contributed by atoms with E-state index in [1.54, 1.807) is 25.3 Å². The van der Waals surface area contributed by atoms with Crippen molar-refractivity contribution in [3.8, 4) is 0 Å². The predicted octanol–water partition coefficient (Wildman–Crippen LogP) is 2.95. The lowest BCUT2D eigenvalue weighted by atomic mass is 10.2. The highest BCUT2D eigenvalue weighted by atomic mass is 32.1. The van der Waals surface area contributed by atoms with Crippen molar-refractivity contribution < 1.29 is 14.0 Å². The van der Waals surface area contributed by atoms with Gasteiger partial charge >= 0.3 is 0 Å². The number of thiazole rings is 1. The number of furan rings is 1. The number of aromatic nitrogens is 1. The van der Waals surface area contributed by atoms with Gasteiger partial charge in [-0.15, -0.1) is 11.3 Å². The maximum atomic E-state index is 12.2. The molecule has 2 aromatic heterocycles. The molecule has 2 heterocycles. The standard InChI is InChI=1S/C16H15N3O3S/c1-9-8-17-16(23-9)19-14(20)10(2)18-15(21)13-7-11-5-3-4-6-12(11)22-13/h3-8,10H,1-2H3,(H,18,21)(H,17,19,20)/t10-/m1/s1. The first kappa shape index (κ1) is 15.2. The first-order valence-corrected chi connectivity index (χ1v) is 7.87. The minimum absolute atomic E-state index is 0.177. The molecular formula is C16H15N3O3S. The molecule has 3 rings (SSSR count). The highest BCUT2D eigenvalue weighted by Crippen LogP contribution is 2.19. The highest BCUT2D eigenvalue weighted by molar-refractivity contribution is 7.15. The van der Waals surface area contributed by atoms with E-state index in [9.17, 15) is 9.59 Å². The van der Waals surface area contributed by atoms with Crippen LogP contribution in [0.4, 0.5) is 5.13 Å². The van der Waals surface area contributed by atoms with Crippen LogP contribution in [0.15, 0.2) is 40.9 Å². The minimum atomic E-state index is -0.708. The Hall–Kier alpha value is -2.67. The number of benzene rings is 1. The summed E-state index contributed by atoms with van der Waals surface area (Å²) in [6, 6.07) is 8.29. The topological polar surface area (TPSA) is 84.2 Å². The lowest BCUT2D eigenvalue weighted by molar-refractivity contribution is -0.117. The molecule has 0 unspecified atom stereocenters. The zero-order valence-corrected chi connectivity index (χ0v) is 13.4. The maximum Gasteiger partial charge on any atom is 0.287 e. The molecule has 0 aliphatic heterocycles. The molecule has 0 saturated heterocycles. The van der Waals surface area contributed by atoms with Crippen LogP contribution in [0.2, 0.25) is 0 Å². The van der Waals surface area contributed by atoms with E-state index in [0.29, 0.717) is 10.7 Å². The van der Waals surface area contributed by atoms with Gasteiger partial charge in [-0.3, -0.25) is 9.59 Å². The van der Waals surface area contributed by atoms with Crippen molar-refractivity contribution >= 4 is 39.3 Å². The van der Waals surface area contributed by atoms with Gasteiger partial charge < -0.3 is 15.1 Å².